The second-order valence-electron chi connectivity index (χ2n) is 6.77. The minimum atomic E-state index is -1.43. The van der Waals surface area contributed by atoms with Gasteiger partial charge < -0.3 is 24.8 Å². The third-order valence-corrected chi connectivity index (χ3v) is 4.78. The van der Waals surface area contributed by atoms with Crippen molar-refractivity contribution in [2.45, 2.75) is 12.1 Å². The van der Waals surface area contributed by atoms with Crippen molar-refractivity contribution in [1.82, 2.24) is 15.5 Å². The van der Waals surface area contributed by atoms with E-state index in [1.165, 1.54) is 4.90 Å². The van der Waals surface area contributed by atoms with E-state index in [9.17, 15) is 14.4 Å². The van der Waals surface area contributed by atoms with Crippen LogP contribution < -0.4 is 20.1 Å². The van der Waals surface area contributed by atoms with Crippen molar-refractivity contribution in [3.63, 3.8) is 0 Å². The van der Waals surface area contributed by atoms with E-state index in [1.54, 1.807) is 43.5 Å². The van der Waals surface area contributed by atoms with Crippen LogP contribution in [0.15, 0.2) is 48.5 Å². The van der Waals surface area contributed by atoms with Gasteiger partial charge in [0.25, 0.3) is 5.91 Å². The molecule has 0 aromatic heterocycles. The molecule has 1 saturated heterocycles. The van der Waals surface area contributed by atoms with Gasteiger partial charge in [-0.2, -0.15) is 0 Å². The van der Waals surface area contributed by atoms with Crippen LogP contribution >= 0.6 is 0 Å². The fourth-order valence-electron chi connectivity index (χ4n) is 3.30. The molecule has 9 nitrogen and oxygen atoms in total. The number of imide groups is 1. The van der Waals surface area contributed by atoms with Gasteiger partial charge in [0.05, 0.1) is 20.3 Å². The molecule has 1 heterocycles. The number of nitrogens with zero attached hydrogens (tertiary/aromatic N) is 1. The summed E-state index contributed by atoms with van der Waals surface area (Å²) in [6.45, 7) is 0.208. The summed E-state index contributed by atoms with van der Waals surface area (Å²) >= 11 is 0. The lowest BCUT2D eigenvalue weighted by molar-refractivity contribution is -0.127. The van der Waals surface area contributed by atoms with Crippen molar-refractivity contribution in [2.24, 2.45) is 0 Å². The predicted molar refractivity (Wildman–Crippen MR) is 107 cm³/mol. The first kappa shape index (κ1) is 21.1. The van der Waals surface area contributed by atoms with E-state index >= 15 is 0 Å². The summed E-state index contributed by atoms with van der Waals surface area (Å²) in [5.74, 6) is 0.662. The van der Waals surface area contributed by atoms with E-state index in [2.05, 4.69) is 10.6 Å². The number of amides is 4. The molecular weight excluding hydrogens is 390 g/mol. The summed E-state index contributed by atoms with van der Waals surface area (Å²) in [4.78, 5) is 37.9. The van der Waals surface area contributed by atoms with Crippen LogP contribution in [0, 0.1) is 0 Å². The summed E-state index contributed by atoms with van der Waals surface area (Å²) in [6.07, 6.45) is 0.641. The van der Waals surface area contributed by atoms with Crippen molar-refractivity contribution in [2.75, 3.05) is 26.9 Å². The zero-order valence-electron chi connectivity index (χ0n) is 16.5. The lowest BCUT2D eigenvalue weighted by atomic mass is 9.89. The number of aliphatic hydroxyl groups is 1. The molecule has 9 heteroatoms. The number of hydrogen-bond acceptors (Lipinski definition) is 6. The summed E-state index contributed by atoms with van der Waals surface area (Å²) < 4.78 is 10.5. The van der Waals surface area contributed by atoms with Gasteiger partial charge in [0.15, 0.2) is 5.54 Å². The molecular formula is C21H23N3O6. The van der Waals surface area contributed by atoms with E-state index in [1.807, 2.05) is 12.1 Å². The first-order chi connectivity index (χ1) is 14.5. The van der Waals surface area contributed by atoms with Gasteiger partial charge in [-0.1, -0.05) is 24.3 Å². The molecule has 4 amide bonds. The molecule has 1 aliphatic heterocycles. The Morgan fingerprint density at radius 1 is 1.07 bits per heavy atom. The molecule has 3 rings (SSSR count). The minimum absolute atomic E-state index is 0.0586. The summed E-state index contributed by atoms with van der Waals surface area (Å²) in [5, 5.41) is 13.8. The van der Waals surface area contributed by atoms with Gasteiger partial charge in [-0.25, -0.2) is 4.79 Å². The number of nitrogens with one attached hydrogen (secondary N) is 2. The van der Waals surface area contributed by atoms with Gasteiger partial charge in [-0.05, 0) is 35.4 Å². The maximum Gasteiger partial charge on any atom is 0.322 e. The maximum absolute atomic E-state index is 12.7. The molecule has 1 atom stereocenters. The third-order valence-electron chi connectivity index (χ3n) is 4.78. The number of rotatable bonds is 10. The second-order valence-corrected chi connectivity index (χ2v) is 6.77. The average molecular weight is 413 g/mol. The number of ether oxygens (including phenoxy) is 2. The number of methoxy groups -OCH3 is 1. The normalized spacial score (nSPS) is 17.8. The zero-order valence-corrected chi connectivity index (χ0v) is 16.5. The highest BCUT2D eigenvalue weighted by Gasteiger charge is 2.48. The van der Waals surface area contributed by atoms with Gasteiger partial charge in [0.2, 0.25) is 6.41 Å². The molecule has 0 aliphatic carbocycles. The average Bonchev–Trinajstić information content (AvgIpc) is 3.06. The molecule has 0 unspecified atom stereocenters. The third kappa shape index (κ3) is 4.52. The Morgan fingerprint density at radius 2 is 1.73 bits per heavy atom. The zero-order chi connectivity index (χ0) is 21.6. The van der Waals surface area contributed by atoms with Crippen molar-refractivity contribution in [3.05, 3.63) is 59.7 Å². The Morgan fingerprint density at radius 3 is 2.27 bits per heavy atom. The van der Waals surface area contributed by atoms with E-state index in [0.29, 0.717) is 23.5 Å². The fraction of sp³-hybridized carbons (Fsp3) is 0.286. The molecule has 2 aromatic rings. The van der Waals surface area contributed by atoms with E-state index in [0.717, 1.165) is 5.56 Å². The smallest absolute Gasteiger partial charge is 0.322 e. The molecule has 0 radical (unpaired) electrons. The Labute approximate surface area is 173 Å². The molecule has 2 aromatic carbocycles. The van der Waals surface area contributed by atoms with E-state index < -0.39 is 17.5 Å². The summed E-state index contributed by atoms with van der Waals surface area (Å²) in [6, 6.07) is 13.1. The summed E-state index contributed by atoms with van der Waals surface area (Å²) in [5.41, 5.74) is -0.0840. The van der Waals surface area contributed by atoms with Gasteiger partial charge in [0, 0.05) is 6.54 Å². The van der Waals surface area contributed by atoms with Crippen LogP contribution in [0.2, 0.25) is 0 Å². The molecule has 1 fully saturated rings. The van der Waals surface area contributed by atoms with Crippen LogP contribution in [-0.4, -0.2) is 55.2 Å². The molecule has 0 spiro atoms. The number of urea groups is 1. The van der Waals surface area contributed by atoms with Crippen molar-refractivity contribution in [1.29, 1.82) is 0 Å². The van der Waals surface area contributed by atoms with E-state index in [-0.39, 0.29) is 26.3 Å². The highest BCUT2D eigenvalue weighted by Crippen LogP contribution is 2.28. The molecule has 3 N–H and O–H groups in total. The van der Waals surface area contributed by atoms with Crippen molar-refractivity contribution >= 4 is 18.3 Å². The molecule has 0 bridgehead atoms. The molecule has 0 saturated carbocycles. The number of aliphatic hydroxyl groups excluding tert-OH is 1. The standard InChI is InChI=1S/C21H23N3O6/c1-29-17-6-2-15(3-7-17)12-24(14-26)13-21(19(27)22-20(28)23-21)16-4-8-18(9-5-16)30-11-10-25/h2-9,14,25H,10-13H2,1H3,(H2,22,23,27,28)/t21-/m0/s1. The highest BCUT2D eigenvalue weighted by atomic mass is 16.5. The first-order valence-corrected chi connectivity index (χ1v) is 9.31. The van der Waals surface area contributed by atoms with Crippen LogP contribution in [0.3, 0.4) is 0 Å². The van der Waals surface area contributed by atoms with Crippen LogP contribution in [0.25, 0.3) is 0 Å². The molecule has 30 heavy (non-hydrogen) atoms. The second kappa shape index (κ2) is 9.27. The maximum atomic E-state index is 12.7. The summed E-state index contributed by atoms with van der Waals surface area (Å²) in [7, 11) is 1.57. The predicted octanol–water partition coefficient (Wildman–Crippen LogP) is 0.760. The highest BCUT2D eigenvalue weighted by molar-refractivity contribution is 6.07. The first-order valence-electron chi connectivity index (χ1n) is 9.31. The largest absolute Gasteiger partial charge is 0.497 e. The quantitative estimate of drug-likeness (QED) is 0.391. The van der Waals surface area contributed by atoms with Gasteiger partial charge >= 0.3 is 6.03 Å². The molecule has 158 valence electrons. The van der Waals surface area contributed by atoms with Crippen molar-refractivity contribution < 1.29 is 29.0 Å². The van der Waals surface area contributed by atoms with Gasteiger partial charge in [-0.3, -0.25) is 14.9 Å². The Hall–Kier alpha value is -3.59. The Balaban J connectivity index is 1.84. The van der Waals surface area contributed by atoms with Crippen LogP contribution in [-0.2, 0) is 21.7 Å². The van der Waals surface area contributed by atoms with Crippen molar-refractivity contribution in [3.8, 4) is 11.5 Å². The molecule has 1 aliphatic rings. The van der Waals surface area contributed by atoms with Crippen LogP contribution in [0.4, 0.5) is 4.79 Å². The fourth-order valence-corrected chi connectivity index (χ4v) is 3.30. The Kier molecular flexibility index (Phi) is 6.53. The topological polar surface area (TPSA) is 117 Å². The number of hydrogen-bond donors (Lipinski definition) is 3. The number of carbonyl (C=O) groups excluding carboxylic acids is 3. The SMILES string of the molecule is COc1ccc(CN(C=O)C[C@@]2(c3ccc(OCCO)cc3)NC(=O)NC2=O)cc1. The monoisotopic (exact) mass is 413 g/mol. The number of carbonyl (C=O) groups is 3. The number of benzene rings is 2. The Bertz CT molecular complexity index is 900. The lowest BCUT2D eigenvalue weighted by Crippen LogP contribution is -2.52. The minimum Gasteiger partial charge on any atom is -0.497 e. The van der Waals surface area contributed by atoms with Gasteiger partial charge in [0.1, 0.15) is 18.1 Å². The van der Waals surface area contributed by atoms with Crippen LogP contribution in [0.5, 0.6) is 11.5 Å². The van der Waals surface area contributed by atoms with Crippen LogP contribution in [0.1, 0.15) is 11.1 Å². The lowest BCUT2D eigenvalue weighted by Gasteiger charge is -2.31. The van der Waals surface area contributed by atoms with E-state index in [4.69, 9.17) is 14.6 Å². The van der Waals surface area contributed by atoms with Gasteiger partial charge in [-0.15, -0.1) is 0 Å².